The predicted octanol–water partition coefficient (Wildman–Crippen LogP) is 0.559. The Labute approximate surface area is 108 Å². The molecule has 3 N–H and O–H groups in total. The average molecular weight is 264 g/mol. The van der Waals surface area contributed by atoms with Gasteiger partial charge in [-0.05, 0) is 11.6 Å². The minimum Gasteiger partial charge on any atom is -0.481 e. The van der Waals surface area contributed by atoms with E-state index in [4.69, 9.17) is 10.2 Å². The summed E-state index contributed by atoms with van der Waals surface area (Å²) in [7, 11) is 0. The highest BCUT2D eigenvalue weighted by Crippen LogP contribution is 2.14. The van der Waals surface area contributed by atoms with Gasteiger partial charge < -0.3 is 15.3 Å². The van der Waals surface area contributed by atoms with Crippen LogP contribution in [0, 0.1) is 0 Å². The lowest BCUT2D eigenvalue weighted by Gasteiger charge is -2.17. The molecule has 0 heterocycles. The van der Waals surface area contributed by atoms with Crippen LogP contribution in [0.15, 0.2) is 36.4 Å². The quantitative estimate of drug-likeness (QED) is 0.511. The fourth-order valence-corrected chi connectivity index (χ4v) is 1.36. The molecule has 0 saturated heterocycles. The molecule has 1 rings (SSSR count). The van der Waals surface area contributed by atoms with Gasteiger partial charge in [-0.2, -0.15) is 0 Å². The Morgan fingerprint density at radius 3 is 2.16 bits per heavy atom. The molecular formula is C13H12O6. The third kappa shape index (κ3) is 3.75. The van der Waals surface area contributed by atoms with Crippen LogP contribution in [0.1, 0.15) is 12.0 Å². The van der Waals surface area contributed by atoms with Crippen LogP contribution in [0.5, 0.6) is 0 Å². The van der Waals surface area contributed by atoms with E-state index >= 15 is 0 Å². The minimum absolute atomic E-state index is 0.624. The van der Waals surface area contributed by atoms with Gasteiger partial charge in [0.2, 0.25) is 5.60 Å². The Morgan fingerprint density at radius 1 is 1.11 bits per heavy atom. The third-order valence-electron chi connectivity index (χ3n) is 2.40. The van der Waals surface area contributed by atoms with Crippen LogP contribution >= 0.6 is 0 Å². The summed E-state index contributed by atoms with van der Waals surface area (Å²) < 4.78 is 0. The highest BCUT2D eigenvalue weighted by Gasteiger charge is 2.44. The Balaban J connectivity index is 2.93. The molecule has 1 atom stereocenters. The smallest absolute Gasteiger partial charge is 0.344 e. The van der Waals surface area contributed by atoms with Gasteiger partial charge in [0.15, 0.2) is 5.78 Å². The van der Waals surface area contributed by atoms with E-state index < -0.39 is 29.7 Å². The zero-order chi connectivity index (χ0) is 14.5. The van der Waals surface area contributed by atoms with Crippen molar-refractivity contribution in [2.45, 2.75) is 12.0 Å². The van der Waals surface area contributed by atoms with E-state index in [1.165, 1.54) is 6.08 Å². The van der Waals surface area contributed by atoms with Gasteiger partial charge in [0, 0.05) is 0 Å². The predicted molar refractivity (Wildman–Crippen MR) is 65.3 cm³/mol. The number of hydrogen-bond acceptors (Lipinski definition) is 4. The molecule has 1 unspecified atom stereocenters. The van der Waals surface area contributed by atoms with Crippen molar-refractivity contribution in [2.75, 3.05) is 0 Å². The maximum Gasteiger partial charge on any atom is 0.344 e. The SMILES string of the molecule is O=C(O)CC(O)(C(=O)O)C(=O)C=Cc1ccccc1. The van der Waals surface area contributed by atoms with Crippen molar-refractivity contribution < 1.29 is 29.7 Å². The Kier molecular flexibility index (Phi) is 4.55. The van der Waals surface area contributed by atoms with Gasteiger partial charge in [-0.15, -0.1) is 0 Å². The number of hydrogen-bond donors (Lipinski definition) is 3. The zero-order valence-electron chi connectivity index (χ0n) is 9.81. The molecule has 0 aliphatic rings. The van der Waals surface area contributed by atoms with Crippen molar-refractivity contribution in [3.8, 4) is 0 Å². The van der Waals surface area contributed by atoms with E-state index in [0.717, 1.165) is 6.08 Å². The molecule has 0 radical (unpaired) electrons. The Hall–Kier alpha value is -2.47. The second-order valence-corrected chi connectivity index (χ2v) is 3.84. The van der Waals surface area contributed by atoms with Gasteiger partial charge in [-0.1, -0.05) is 36.4 Å². The van der Waals surface area contributed by atoms with Crippen LogP contribution in [0.4, 0.5) is 0 Å². The fourth-order valence-electron chi connectivity index (χ4n) is 1.36. The summed E-state index contributed by atoms with van der Waals surface area (Å²) in [5, 5.41) is 26.9. The van der Waals surface area contributed by atoms with Crippen LogP contribution in [0.25, 0.3) is 6.08 Å². The maximum atomic E-state index is 11.6. The van der Waals surface area contributed by atoms with E-state index in [0.29, 0.717) is 5.56 Å². The van der Waals surface area contributed by atoms with Crippen LogP contribution in [-0.4, -0.2) is 38.6 Å². The second-order valence-electron chi connectivity index (χ2n) is 3.84. The van der Waals surface area contributed by atoms with Crippen molar-refractivity contribution in [1.29, 1.82) is 0 Å². The minimum atomic E-state index is -2.95. The van der Waals surface area contributed by atoms with Crippen LogP contribution in [0.2, 0.25) is 0 Å². The summed E-state index contributed by atoms with van der Waals surface area (Å²) in [6, 6.07) is 8.52. The molecule has 0 aromatic heterocycles. The molecule has 0 aliphatic carbocycles. The van der Waals surface area contributed by atoms with Crippen molar-refractivity contribution in [2.24, 2.45) is 0 Å². The molecule has 1 aromatic rings. The summed E-state index contributed by atoms with van der Waals surface area (Å²) in [4.78, 5) is 33.0. The van der Waals surface area contributed by atoms with Crippen molar-refractivity contribution in [1.82, 2.24) is 0 Å². The van der Waals surface area contributed by atoms with E-state index in [1.54, 1.807) is 30.3 Å². The van der Waals surface area contributed by atoms with Gasteiger partial charge in [0.05, 0.1) is 6.42 Å². The molecule has 0 spiro atoms. The molecule has 19 heavy (non-hydrogen) atoms. The molecule has 0 bridgehead atoms. The lowest BCUT2D eigenvalue weighted by Crippen LogP contribution is -2.47. The van der Waals surface area contributed by atoms with E-state index in [1.807, 2.05) is 0 Å². The molecule has 0 saturated carbocycles. The van der Waals surface area contributed by atoms with Crippen LogP contribution in [0.3, 0.4) is 0 Å². The molecule has 0 aliphatic heterocycles. The molecule has 100 valence electrons. The largest absolute Gasteiger partial charge is 0.481 e. The first kappa shape index (κ1) is 14.6. The van der Waals surface area contributed by atoms with Crippen LogP contribution in [-0.2, 0) is 14.4 Å². The molecule has 0 amide bonds. The topological polar surface area (TPSA) is 112 Å². The van der Waals surface area contributed by atoms with Crippen molar-refractivity contribution in [3.05, 3.63) is 42.0 Å². The highest BCUT2D eigenvalue weighted by molar-refractivity contribution is 6.14. The summed E-state index contributed by atoms with van der Waals surface area (Å²) >= 11 is 0. The van der Waals surface area contributed by atoms with E-state index in [2.05, 4.69) is 0 Å². The maximum absolute atomic E-state index is 11.6. The number of carbonyl (C=O) groups excluding carboxylic acids is 1. The summed E-state index contributed by atoms with van der Waals surface area (Å²) in [6.07, 6.45) is 0.963. The number of ketones is 1. The first-order valence-electron chi connectivity index (χ1n) is 5.31. The number of carbonyl (C=O) groups is 3. The van der Waals surface area contributed by atoms with Gasteiger partial charge in [-0.25, -0.2) is 4.79 Å². The molecule has 1 aromatic carbocycles. The van der Waals surface area contributed by atoms with Gasteiger partial charge in [0.1, 0.15) is 0 Å². The number of carboxylic acid groups (broad SMARTS) is 2. The summed E-state index contributed by atoms with van der Waals surface area (Å²) in [5.41, 5.74) is -2.32. The van der Waals surface area contributed by atoms with Crippen LogP contribution < -0.4 is 0 Å². The highest BCUT2D eigenvalue weighted by atomic mass is 16.4. The fraction of sp³-hybridized carbons (Fsp3) is 0.154. The third-order valence-corrected chi connectivity index (χ3v) is 2.40. The summed E-state index contributed by atoms with van der Waals surface area (Å²) in [5.74, 6) is -4.66. The lowest BCUT2D eigenvalue weighted by atomic mass is 9.93. The van der Waals surface area contributed by atoms with Gasteiger partial charge >= 0.3 is 11.9 Å². The van der Waals surface area contributed by atoms with E-state index in [9.17, 15) is 19.5 Å². The lowest BCUT2D eigenvalue weighted by molar-refractivity contribution is -0.169. The Morgan fingerprint density at radius 2 is 1.68 bits per heavy atom. The molecule has 0 fully saturated rings. The van der Waals surface area contributed by atoms with Crippen molar-refractivity contribution >= 4 is 23.8 Å². The standard InChI is InChI=1S/C13H12O6/c14-10(7-6-9-4-2-1-3-5-9)13(19,12(17)18)8-11(15)16/h1-7,19H,8H2,(H,15,16)(H,17,18). The number of benzene rings is 1. The Bertz CT molecular complexity index is 519. The van der Waals surface area contributed by atoms with Gasteiger partial charge in [0.25, 0.3) is 0 Å². The number of rotatable bonds is 6. The first-order valence-corrected chi connectivity index (χ1v) is 5.31. The number of aliphatic hydroxyl groups is 1. The number of aliphatic carboxylic acids is 2. The van der Waals surface area contributed by atoms with Gasteiger partial charge in [-0.3, -0.25) is 9.59 Å². The van der Waals surface area contributed by atoms with E-state index in [-0.39, 0.29) is 0 Å². The summed E-state index contributed by atoms with van der Waals surface area (Å²) in [6.45, 7) is 0. The zero-order valence-corrected chi connectivity index (χ0v) is 9.81. The first-order chi connectivity index (χ1) is 8.86. The van der Waals surface area contributed by atoms with Crippen molar-refractivity contribution in [3.63, 3.8) is 0 Å². The molecular weight excluding hydrogens is 252 g/mol. The molecule has 6 nitrogen and oxygen atoms in total. The second kappa shape index (κ2) is 5.92. The average Bonchev–Trinajstić information content (AvgIpc) is 2.36. The molecule has 6 heteroatoms. The normalized spacial score (nSPS) is 13.9. The number of carboxylic acids is 2. The monoisotopic (exact) mass is 264 g/mol.